The molecule has 7 nitrogen and oxygen atoms in total. The van der Waals surface area contributed by atoms with E-state index >= 15 is 0 Å². The van der Waals surface area contributed by atoms with Crippen molar-refractivity contribution in [1.29, 1.82) is 0 Å². The fourth-order valence-corrected chi connectivity index (χ4v) is 4.27. The van der Waals surface area contributed by atoms with Crippen molar-refractivity contribution in [1.82, 2.24) is 20.5 Å². The van der Waals surface area contributed by atoms with E-state index in [1.54, 1.807) is 18.5 Å². The molecular formula is C27H31N5O2. The Labute approximate surface area is 200 Å². The number of aromatic nitrogens is 1. The van der Waals surface area contributed by atoms with E-state index in [0.29, 0.717) is 6.54 Å². The fraction of sp³-hybridized carbons (Fsp3) is 0.296. The lowest BCUT2D eigenvalue weighted by molar-refractivity contribution is -0.139. The zero-order valence-corrected chi connectivity index (χ0v) is 19.7. The van der Waals surface area contributed by atoms with E-state index in [-0.39, 0.29) is 12.6 Å². The molecule has 1 aliphatic rings. The van der Waals surface area contributed by atoms with Crippen molar-refractivity contribution < 1.29 is 9.59 Å². The standard InChI is InChI=1S/C27H31N5O2/c1-31(2)24-11-9-22(10-12-24)25(32-15-13-21-7-3-4-8-23(21)19-32)18-30-27(34)26(33)29-17-20-6-5-14-28-16-20/h3-12,14,16,25H,13,15,17-19H2,1-2H3,(H,29,33)(H,30,34). The van der Waals surface area contributed by atoms with E-state index < -0.39 is 11.8 Å². The molecule has 2 heterocycles. The largest absolute Gasteiger partial charge is 0.378 e. The number of nitrogens with one attached hydrogen (secondary N) is 2. The lowest BCUT2D eigenvalue weighted by atomic mass is 9.96. The molecule has 1 atom stereocenters. The molecule has 4 rings (SSSR count). The van der Waals surface area contributed by atoms with Crippen LogP contribution in [0.25, 0.3) is 0 Å². The molecule has 176 valence electrons. The second-order valence-corrected chi connectivity index (χ2v) is 8.74. The van der Waals surface area contributed by atoms with Gasteiger partial charge in [0, 0.05) is 58.4 Å². The molecule has 0 spiro atoms. The Bertz CT molecular complexity index is 1120. The molecule has 34 heavy (non-hydrogen) atoms. The quantitative estimate of drug-likeness (QED) is 0.534. The van der Waals surface area contributed by atoms with Crippen LogP contribution >= 0.6 is 0 Å². The van der Waals surface area contributed by atoms with Crippen molar-refractivity contribution >= 4 is 17.5 Å². The highest BCUT2D eigenvalue weighted by Crippen LogP contribution is 2.28. The summed E-state index contributed by atoms with van der Waals surface area (Å²) in [6.07, 6.45) is 4.30. The third-order valence-electron chi connectivity index (χ3n) is 6.23. The minimum atomic E-state index is -0.644. The van der Waals surface area contributed by atoms with Crippen LogP contribution in [0.4, 0.5) is 5.69 Å². The van der Waals surface area contributed by atoms with E-state index in [9.17, 15) is 9.59 Å². The predicted molar refractivity (Wildman–Crippen MR) is 133 cm³/mol. The van der Waals surface area contributed by atoms with Gasteiger partial charge in [0.2, 0.25) is 0 Å². The first-order chi connectivity index (χ1) is 16.5. The van der Waals surface area contributed by atoms with E-state index in [1.807, 2.05) is 20.2 Å². The number of anilines is 1. The summed E-state index contributed by atoms with van der Waals surface area (Å²) in [5.74, 6) is -1.27. The van der Waals surface area contributed by atoms with Crippen molar-refractivity contribution in [3.8, 4) is 0 Å². The van der Waals surface area contributed by atoms with Crippen LogP contribution in [0.15, 0.2) is 73.1 Å². The maximum Gasteiger partial charge on any atom is 0.309 e. The van der Waals surface area contributed by atoms with Crippen LogP contribution in [-0.2, 0) is 29.1 Å². The molecule has 0 aliphatic carbocycles. The van der Waals surface area contributed by atoms with Gasteiger partial charge in [0.05, 0.1) is 6.04 Å². The molecule has 1 unspecified atom stereocenters. The number of pyridine rings is 1. The van der Waals surface area contributed by atoms with Gasteiger partial charge >= 0.3 is 11.8 Å². The maximum absolute atomic E-state index is 12.6. The molecule has 0 saturated heterocycles. The van der Waals surface area contributed by atoms with Crippen molar-refractivity contribution in [3.63, 3.8) is 0 Å². The molecular weight excluding hydrogens is 426 g/mol. The lowest BCUT2D eigenvalue weighted by Gasteiger charge is -2.36. The van der Waals surface area contributed by atoms with Gasteiger partial charge < -0.3 is 15.5 Å². The lowest BCUT2D eigenvalue weighted by Crippen LogP contribution is -2.45. The van der Waals surface area contributed by atoms with Crippen LogP contribution in [-0.4, -0.2) is 48.9 Å². The van der Waals surface area contributed by atoms with Crippen LogP contribution in [0.1, 0.15) is 28.3 Å². The zero-order valence-electron chi connectivity index (χ0n) is 19.7. The number of fused-ring (bicyclic) bond motifs is 1. The van der Waals surface area contributed by atoms with Crippen molar-refractivity contribution in [2.45, 2.75) is 25.6 Å². The molecule has 0 saturated carbocycles. The highest BCUT2D eigenvalue weighted by molar-refractivity contribution is 6.35. The van der Waals surface area contributed by atoms with E-state index in [4.69, 9.17) is 0 Å². The predicted octanol–water partition coefficient (Wildman–Crippen LogP) is 2.68. The maximum atomic E-state index is 12.6. The van der Waals surface area contributed by atoms with Gasteiger partial charge in [-0.1, -0.05) is 42.5 Å². The van der Waals surface area contributed by atoms with E-state index in [2.05, 4.69) is 73.9 Å². The average molecular weight is 458 g/mol. The first kappa shape index (κ1) is 23.4. The normalized spacial score (nSPS) is 14.1. The Balaban J connectivity index is 1.44. The molecule has 2 amide bonds. The molecule has 0 radical (unpaired) electrons. The third kappa shape index (κ3) is 5.80. The summed E-state index contributed by atoms with van der Waals surface area (Å²) in [4.78, 5) is 33.4. The molecule has 3 aromatic rings. The Morgan fingerprint density at radius 1 is 0.971 bits per heavy atom. The highest BCUT2D eigenvalue weighted by atomic mass is 16.2. The van der Waals surface area contributed by atoms with Crippen molar-refractivity contribution in [2.24, 2.45) is 0 Å². The molecule has 2 aromatic carbocycles. The van der Waals surface area contributed by atoms with Gasteiger partial charge in [-0.15, -0.1) is 0 Å². The Kier molecular flexibility index (Phi) is 7.54. The van der Waals surface area contributed by atoms with Crippen molar-refractivity contribution in [2.75, 3.05) is 32.1 Å². The molecule has 1 aliphatic heterocycles. The van der Waals surface area contributed by atoms with Crippen LogP contribution in [0, 0.1) is 0 Å². The summed E-state index contributed by atoms with van der Waals surface area (Å²) in [5, 5.41) is 5.52. The third-order valence-corrected chi connectivity index (χ3v) is 6.23. The van der Waals surface area contributed by atoms with Crippen molar-refractivity contribution in [3.05, 3.63) is 95.3 Å². The number of carbonyl (C=O) groups excluding carboxylic acids is 2. The van der Waals surface area contributed by atoms with Gasteiger partial charge in [-0.05, 0) is 46.9 Å². The summed E-state index contributed by atoms with van der Waals surface area (Å²) >= 11 is 0. The first-order valence-corrected chi connectivity index (χ1v) is 11.5. The number of benzene rings is 2. The first-order valence-electron chi connectivity index (χ1n) is 11.5. The Morgan fingerprint density at radius 3 is 2.41 bits per heavy atom. The summed E-state index contributed by atoms with van der Waals surface area (Å²) < 4.78 is 0. The summed E-state index contributed by atoms with van der Waals surface area (Å²) in [5.41, 5.74) is 5.75. The van der Waals surface area contributed by atoms with Crippen LogP contribution in [0.2, 0.25) is 0 Å². The molecule has 2 N–H and O–H groups in total. The van der Waals surface area contributed by atoms with Crippen LogP contribution < -0.4 is 15.5 Å². The SMILES string of the molecule is CN(C)c1ccc(C(CNC(=O)C(=O)NCc2cccnc2)N2CCc3ccccc3C2)cc1. The molecule has 1 aromatic heterocycles. The van der Waals surface area contributed by atoms with Gasteiger partial charge in [-0.3, -0.25) is 19.5 Å². The average Bonchev–Trinajstić information content (AvgIpc) is 2.88. The number of nitrogens with zero attached hydrogens (tertiary/aromatic N) is 3. The minimum Gasteiger partial charge on any atom is -0.378 e. The minimum absolute atomic E-state index is 0.0420. The second kappa shape index (κ2) is 10.9. The molecule has 0 fully saturated rings. The highest BCUT2D eigenvalue weighted by Gasteiger charge is 2.26. The number of hydrogen-bond acceptors (Lipinski definition) is 5. The second-order valence-electron chi connectivity index (χ2n) is 8.74. The summed E-state index contributed by atoms with van der Waals surface area (Å²) in [7, 11) is 4.02. The Morgan fingerprint density at radius 2 is 1.71 bits per heavy atom. The van der Waals surface area contributed by atoms with Gasteiger partial charge in [0.25, 0.3) is 0 Å². The van der Waals surface area contributed by atoms with Crippen LogP contribution in [0.3, 0.4) is 0 Å². The monoisotopic (exact) mass is 457 g/mol. The number of carbonyl (C=O) groups is 2. The van der Waals surface area contributed by atoms with Gasteiger partial charge in [0.15, 0.2) is 0 Å². The number of hydrogen-bond donors (Lipinski definition) is 2. The molecule has 7 heteroatoms. The van der Waals surface area contributed by atoms with Gasteiger partial charge in [-0.25, -0.2) is 0 Å². The summed E-state index contributed by atoms with van der Waals surface area (Å²) in [6, 6.07) is 20.5. The fourth-order valence-electron chi connectivity index (χ4n) is 4.27. The smallest absolute Gasteiger partial charge is 0.309 e. The van der Waals surface area contributed by atoms with Gasteiger partial charge in [0.1, 0.15) is 0 Å². The number of amides is 2. The topological polar surface area (TPSA) is 77.6 Å². The zero-order chi connectivity index (χ0) is 23.9. The summed E-state index contributed by atoms with van der Waals surface area (Å²) in [6.45, 7) is 2.31. The van der Waals surface area contributed by atoms with Crippen LogP contribution in [0.5, 0.6) is 0 Å². The van der Waals surface area contributed by atoms with Gasteiger partial charge in [-0.2, -0.15) is 0 Å². The number of rotatable bonds is 7. The van der Waals surface area contributed by atoms with E-state index in [0.717, 1.165) is 36.3 Å². The van der Waals surface area contributed by atoms with E-state index in [1.165, 1.54) is 11.1 Å². The Hall–Kier alpha value is -3.71. The molecule has 0 bridgehead atoms.